The standard InChI is InChI=1S/C7H7N3S/c8-1-5-3-11-6-2-9-4-10-7(5)6/h2-4H,1,8H2. The minimum atomic E-state index is 0.553. The summed E-state index contributed by atoms with van der Waals surface area (Å²) in [5.41, 5.74) is 7.60. The zero-order valence-electron chi connectivity index (χ0n) is 5.82. The molecule has 0 spiro atoms. The van der Waals surface area contributed by atoms with Crippen LogP contribution >= 0.6 is 11.3 Å². The molecule has 0 fully saturated rings. The smallest absolute Gasteiger partial charge is 0.116 e. The summed E-state index contributed by atoms with van der Waals surface area (Å²) in [4.78, 5) is 8.05. The van der Waals surface area contributed by atoms with Gasteiger partial charge in [-0.2, -0.15) is 0 Å². The third-order valence-corrected chi connectivity index (χ3v) is 2.49. The summed E-state index contributed by atoms with van der Waals surface area (Å²) < 4.78 is 1.10. The highest BCUT2D eigenvalue weighted by Gasteiger charge is 2.01. The molecule has 4 heteroatoms. The molecule has 56 valence electrons. The molecule has 0 amide bonds. The van der Waals surface area contributed by atoms with Gasteiger partial charge in [-0.1, -0.05) is 0 Å². The molecule has 0 aromatic carbocycles. The number of aromatic nitrogens is 2. The summed E-state index contributed by atoms with van der Waals surface area (Å²) in [6.07, 6.45) is 3.36. The molecule has 0 bridgehead atoms. The summed E-state index contributed by atoms with van der Waals surface area (Å²) in [7, 11) is 0. The molecule has 0 saturated heterocycles. The molecule has 2 aromatic rings. The minimum absolute atomic E-state index is 0.553. The van der Waals surface area contributed by atoms with Crippen molar-refractivity contribution < 1.29 is 0 Å². The number of thiophene rings is 1. The number of nitrogens with two attached hydrogens (primary N) is 1. The van der Waals surface area contributed by atoms with Crippen LogP contribution in [0.1, 0.15) is 5.56 Å². The molecule has 2 rings (SSSR count). The Morgan fingerprint density at radius 1 is 1.55 bits per heavy atom. The van der Waals surface area contributed by atoms with E-state index in [0.29, 0.717) is 6.54 Å². The summed E-state index contributed by atoms with van der Waals surface area (Å²) in [5.74, 6) is 0. The third kappa shape index (κ3) is 1.00. The van der Waals surface area contributed by atoms with Crippen LogP contribution in [0.25, 0.3) is 10.2 Å². The lowest BCUT2D eigenvalue weighted by Gasteiger charge is -1.89. The van der Waals surface area contributed by atoms with Gasteiger partial charge < -0.3 is 5.73 Å². The van der Waals surface area contributed by atoms with Crippen molar-refractivity contribution >= 4 is 21.6 Å². The van der Waals surface area contributed by atoms with E-state index in [4.69, 9.17) is 5.73 Å². The SMILES string of the molecule is NCc1csc2cncnc12. The van der Waals surface area contributed by atoms with Crippen LogP contribution in [-0.4, -0.2) is 9.97 Å². The van der Waals surface area contributed by atoms with Gasteiger partial charge in [0.25, 0.3) is 0 Å². The lowest BCUT2D eigenvalue weighted by Crippen LogP contribution is -1.94. The minimum Gasteiger partial charge on any atom is -0.326 e. The largest absolute Gasteiger partial charge is 0.326 e. The monoisotopic (exact) mass is 165 g/mol. The fourth-order valence-electron chi connectivity index (χ4n) is 0.979. The van der Waals surface area contributed by atoms with Gasteiger partial charge in [-0.25, -0.2) is 9.97 Å². The van der Waals surface area contributed by atoms with Gasteiger partial charge in [0.2, 0.25) is 0 Å². The molecule has 0 aliphatic heterocycles. The third-order valence-electron chi connectivity index (χ3n) is 1.53. The van der Waals surface area contributed by atoms with Gasteiger partial charge in [-0.15, -0.1) is 11.3 Å². The van der Waals surface area contributed by atoms with Crippen LogP contribution in [0.15, 0.2) is 17.9 Å². The van der Waals surface area contributed by atoms with Crippen LogP contribution in [0.4, 0.5) is 0 Å². The zero-order chi connectivity index (χ0) is 7.68. The molecule has 11 heavy (non-hydrogen) atoms. The fraction of sp³-hybridized carbons (Fsp3) is 0.143. The van der Waals surface area contributed by atoms with Crippen LogP contribution in [-0.2, 0) is 6.54 Å². The summed E-state index contributed by atoms with van der Waals surface area (Å²) in [6.45, 7) is 0.553. The molecule has 0 unspecified atom stereocenters. The van der Waals surface area contributed by atoms with Crippen molar-refractivity contribution in [1.82, 2.24) is 9.97 Å². The topological polar surface area (TPSA) is 51.8 Å². The average Bonchev–Trinajstić information content (AvgIpc) is 2.47. The Bertz CT molecular complexity index is 368. The van der Waals surface area contributed by atoms with E-state index in [2.05, 4.69) is 9.97 Å². The first-order chi connectivity index (χ1) is 5.42. The van der Waals surface area contributed by atoms with E-state index < -0.39 is 0 Å². The van der Waals surface area contributed by atoms with Crippen LogP contribution in [0, 0.1) is 0 Å². The first kappa shape index (κ1) is 6.69. The Morgan fingerprint density at radius 2 is 2.45 bits per heavy atom. The van der Waals surface area contributed by atoms with Crippen LogP contribution in [0.3, 0.4) is 0 Å². The Labute approximate surface area is 67.9 Å². The number of rotatable bonds is 1. The molecule has 0 aliphatic rings. The molecule has 2 heterocycles. The van der Waals surface area contributed by atoms with Crippen molar-refractivity contribution in [1.29, 1.82) is 0 Å². The highest BCUT2D eigenvalue weighted by molar-refractivity contribution is 7.17. The van der Waals surface area contributed by atoms with E-state index in [9.17, 15) is 0 Å². The first-order valence-electron chi connectivity index (χ1n) is 3.28. The van der Waals surface area contributed by atoms with Crippen LogP contribution in [0.5, 0.6) is 0 Å². The van der Waals surface area contributed by atoms with Gasteiger partial charge in [0.15, 0.2) is 0 Å². The lowest BCUT2D eigenvalue weighted by molar-refractivity contribution is 1.08. The van der Waals surface area contributed by atoms with E-state index in [0.717, 1.165) is 15.8 Å². The summed E-state index contributed by atoms with van der Waals surface area (Å²) >= 11 is 1.63. The molecule has 2 N–H and O–H groups in total. The second-order valence-electron chi connectivity index (χ2n) is 2.20. The van der Waals surface area contributed by atoms with Gasteiger partial charge in [0, 0.05) is 18.3 Å². The Balaban J connectivity index is 2.76. The molecular formula is C7H7N3S. The molecule has 0 aliphatic carbocycles. The van der Waals surface area contributed by atoms with E-state index in [1.807, 2.05) is 11.6 Å². The van der Waals surface area contributed by atoms with Gasteiger partial charge in [0.1, 0.15) is 6.33 Å². The van der Waals surface area contributed by atoms with Crippen LogP contribution in [0.2, 0.25) is 0 Å². The molecule has 2 aromatic heterocycles. The van der Waals surface area contributed by atoms with Crippen molar-refractivity contribution in [2.45, 2.75) is 6.54 Å². The van der Waals surface area contributed by atoms with Gasteiger partial charge >= 0.3 is 0 Å². The van der Waals surface area contributed by atoms with E-state index in [-0.39, 0.29) is 0 Å². The van der Waals surface area contributed by atoms with E-state index in [1.54, 1.807) is 17.7 Å². The predicted molar refractivity (Wildman–Crippen MR) is 45.3 cm³/mol. The van der Waals surface area contributed by atoms with Gasteiger partial charge in [0.05, 0.1) is 10.2 Å². The number of fused-ring (bicyclic) bond motifs is 1. The predicted octanol–water partition coefficient (Wildman–Crippen LogP) is 1.15. The number of hydrogen-bond donors (Lipinski definition) is 1. The van der Waals surface area contributed by atoms with Crippen LogP contribution < -0.4 is 5.73 Å². The van der Waals surface area contributed by atoms with Gasteiger partial charge in [-0.3, -0.25) is 0 Å². The number of nitrogens with zero attached hydrogens (tertiary/aromatic N) is 2. The van der Waals surface area contributed by atoms with Gasteiger partial charge in [-0.05, 0) is 5.38 Å². The Hall–Kier alpha value is -1.00. The summed E-state index contributed by atoms with van der Waals surface area (Å²) in [5, 5.41) is 2.03. The highest BCUT2D eigenvalue weighted by atomic mass is 32.1. The van der Waals surface area contributed by atoms with Crippen molar-refractivity contribution in [2.75, 3.05) is 0 Å². The number of hydrogen-bond acceptors (Lipinski definition) is 4. The van der Waals surface area contributed by atoms with Crippen molar-refractivity contribution in [3.63, 3.8) is 0 Å². The van der Waals surface area contributed by atoms with E-state index >= 15 is 0 Å². The quantitative estimate of drug-likeness (QED) is 0.689. The maximum atomic E-state index is 5.51. The molecule has 0 atom stereocenters. The molecular weight excluding hydrogens is 158 g/mol. The molecule has 3 nitrogen and oxygen atoms in total. The molecule has 0 radical (unpaired) electrons. The fourth-order valence-corrected chi connectivity index (χ4v) is 1.87. The summed E-state index contributed by atoms with van der Waals surface area (Å²) in [6, 6.07) is 0. The highest BCUT2D eigenvalue weighted by Crippen LogP contribution is 2.21. The molecule has 0 saturated carbocycles. The second kappa shape index (κ2) is 2.56. The Morgan fingerprint density at radius 3 is 3.27 bits per heavy atom. The second-order valence-corrected chi connectivity index (χ2v) is 3.11. The van der Waals surface area contributed by atoms with E-state index in [1.165, 1.54) is 0 Å². The normalized spacial score (nSPS) is 10.6. The van der Waals surface area contributed by atoms with Crippen molar-refractivity contribution in [2.24, 2.45) is 5.73 Å². The lowest BCUT2D eigenvalue weighted by atomic mass is 10.3. The Kier molecular flexibility index (Phi) is 1.56. The van der Waals surface area contributed by atoms with Crippen molar-refractivity contribution in [3.05, 3.63) is 23.5 Å². The maximum absolute atomic E-state index is 5.51. The maximum Gasteiger partial charge on any atom is 0.116 e. The zero-order valence-corrected chi connectivity index (χ0v) is 6.64. The first-order valence-corrected chi connectivity index (χ1v) is 4.16. The average molecular weight is 165 g/mol. The van der Waals surface area contributed by atoms with Crippen molar-refractivity contribution in [3.8, 4) is 0 Å².